The summed E-state index contributed by atoms with van der Waals surface area (Å²) in [4.78, 5) is 4.40. The molecule has 0 aromatic carbocycles. The van der Waals surface area contributed by atoms with Gasteiger partial charge in [0, 0.05) is 20.0 Å². The summed E-state index contributed by atoms with van der Waals surface area (Å²) < 4.78 is 30.3. The molecule has 0 saturated heterocycles. The third-order valence-electron chi connectivity index (χ3n) is 3.16. The van der Waals surface area contributed by atoms with Gasteiger partial charge < -0.3 is 4.42 Å². The second-order valence-electron chi connectivity index (χ2n) is 5.07. The zero-order valence-corrected chi connectivity index (χ0v) is 13.4. The molecule has 9 heteroatoms. The molecule has 1 aliphatic rings. The maximum Gasteiger partial charge on any atom is 0.275 e. The maximum absolute atomic E-state index is 11.9. The lowest BCUT2D eigenvalue weighted by molar-refractivity contribution is 0.408. The monoisotopic (exact) mass is 328 g/mol. The number of thioether (sulfide) groups is 1. The van der Waals surface area contributed by atoms with Crippen LogP contribution in [-0.2, 0) is 15.8 Å². The van der Waals surface area contributed by atoms with Gasteiger partial charge in [-0.2, -0.15) is 0 Å². The van der Waals surface area contributed by atoms with E-state index in [1.807, 2.05) is 0 Å². The summed E-state index contributed by atoms with van der Waals surface area (Å²) in [5, 5.41) is 7.68. The zero-order valence-electron chi connectivity index (χ0n) is 11.7. The van der Waals surface area contributed by atoms with Crippen LogP contribution in [0.4, 0.5) is 0 Å². The number of rotatable bonds is 6. The van der Waals surface area contributed by atoms with Gasteiger partial charge in [-0.25, -0.2) is 17.7 Å². The number of hydrogen-bond acceptors (Lipinski definition) is 6. The van der Waals surface area contributed by atoms with Crippen molar-refractivity contribution in [2.24, 2.45) is 0 Å². The molecule has 0 atom stereocenters. The van der Waals surface area contributed by atoms with Crippen molar-refractivity contribution in [3.05, 3.63) is 23.7 Å². The molecule has 0 spiro atoms. The van der Waals surface area contributed by atoms with Gasteiger partial charge in [-0.05, 0) is 25.0 Å². The quantitative estimate of drug-likeness (QED) is 0.813. The maximum atomic E-state index is 11.9. The van der Waals surface area contributed by atoms with Gasteiger partial charge in [-0.3, -0.25) is 5.10 Å². The molecule has 2 heterocycles. The van der Waals surface area contributed by atoms with E-state index in [1.165, 1.54) is 44.8 Å². The van der Waals surface area contributed by atoms with Gasteiger partial charge in [0.05, 0.1) is 5.75 Å². The number of H-pyrrole nitrogens is 1. The highest BCUT2D eigenvalue weighted by atomic mass is 32.2. The molecule has 2 aromatic rings. The second-order valence-corrected chi connectivity index (χ2v) is 8.10. The van der Waals surface area contributed by atoms with Crippen LogP contribution in [0.3, 0.4) is 0 Å². The average molecular weight is 328 g/mol. The minimum absolute atomic E-state index is 0.0447. The van der Waals surface area contributed by atoms with Crippen molar-refractivity contribution in [2.45, 2.75) is 34.8 Å². The third kappa shape index (κ3) is 3.14. The predicted molar refractivity (Wildman–Crippen MR) is 77.5 cm³/mol. The molecule has 7 nitrogen and oxygen atoms in total. The zero-order chi connectivity index (χ0) is 15.0. The topological polar surface area (TPSA) is 92.1 Å². The molecule has 0 unspecified atom stereocenters. The molecule has 1 saturated carbocycles. The van der Waals surface area contributed by atoms with Crippen LogP contribution in [0.2, 0.25) is 0 Å². The lowest BCUT2D eigenvalue weighted by Crippen LogP contribution is -2.21. The molecule has 0 aliphatic heterocycles. The van der Waals surface area contributed by atoms with Crippen molar-refractivity contribution >= 4 is 21.8 Å². The van der Waals surface area contributed by atoms with Gasteiger partial charge in [0.1, 0.15) is 11.6 Å². The fourth-order valence-electron chi connectivity index (χ4n) is 1.75. The Balaban J connectivity index is 1.64. The highest BCUT2D eigenvalue weighted by Crippen LogP contribution is 2.38. The van der Waals surface area contributed by atoms with Gasteiger partial charge in [0.25, 0.3) is 10.0 Å². The first-order chi connectivity index (χ1) is 9.96. The Bertz CT molecular complexity index is 731. The number of aromatic nitrogens is 3. The normalized spacial score (nSPS) is 15.8. The highest BCUT2D eigenvalue weighted by molar-refractivity contribution is 7.98. The Morgan fingerprint density at radius 3 is 2.86 bits per heavy atom. The first-order valence-electron chi connectivity index (χ1n) is 6.53. The van der Waals surface area contributed by atoms with Crippen molar-refractivity contribution in [3.8, 4) is 0 Å². The smallest absolute Gasteiger partial charge is 0.275 e. The van der Waals surface area contributed by atoms with Crippen LogP contribution in [0.25, 0.3) is 0 Å². The van der Waals surface area contributed by atoms with E-state index in [9.17, 15) is 8.42 Å². The summed E-state index contributed by atoms with van der Waals surface area (Å²) in [5.74, 6) is 2.54. The summed E-state index contributed by atoms with van der Waals surface area (Å²) in [6, 6.07) is 3.14. The number of aromatic amines is 1. The molecule has 114 valence electrons. The molecule has 3 rings (SSSR count). The number of furan rings is 1. The van der Waals surface area contributed by atoms with Gasteiger partial charge in [-0.1, -0.05) is 11.8 Å². The first-order valence-corrected chi connectivity index (χ1v) is 8.96. The van der Waals surface area contributed by atoms with E-state index in [4.69, 9.17) is 4.42 Å². The number of hydrogen-bond donors (Lipinski definition) is 1. The van der Waals surface area contributed by atoms with Crippen LogP contribution in [0.5, 0.6) is 0 Å². The molecule has 1 fully saturated rings. The van der Waals surface area contributed by atoms with Crippen molar-refractivity contribution in [1.82, 2.24) is 19.5 Å². The predicted octanol–water partition coefficient (Wildman–Crippen LogP) is 1.82. The van der Waals surface area contributed by atoms with Crippen LogP contribution >= 0.6 is 11.8 Å². The van der Waals surface area contributed by atoms with Crippen LogP contribution in [0.15, 0.2) is 26.8 Å². The van der Waals surface area contributed by atoms with Gasteiger partial charge in [0.15, 0.2) is 0 Å². The van der Waals surface area contributed by atoms with Crippen LogP contribution in [-0.4, -0.2) is 42.0 Å². The summed E-state index contributed by atoms with van der Waals surface area (Å²) in [7, 11) is -0.575. The summed E-state index contributed by atoms with van der Waals surface area (Å²) in [6.07, 6.45) is 2.34. The van der Waals surface area contributed by atoms with Crippen molar-refractivity contribution in [2.75, 3.05) is 14.1 Å². The van der Waals surface area contributed by atoms with Gasteiger partial charge in [0.2, 0.25) is 10.2 Å². The summed E-state index contributed by atoms with van der Waals surface area (Å²) in [5.41, 5.74) is 0. The Labute approximate surface area is 127 Å². The van der Waals surface area contributed by atoms with E-state index in [-0.39, 0.29) is 5.09 Å². The highest BCUT2D eigenvalue weighted by Gasteiger charge is 2.27. The molecule has 0 bridgehead atoms. The molecular weight excluding hydrogens is 312 g/mol. The third-order valence-corrected chi connectivity index (χ3v) is 5.72. The summed E-state index contributed by atoms with van der Waals surface area (Å²) in [6.45, 7) is 0. The van der Waals surface area contributed by atoms with E-state index >= 15 is 0 Å². The van der Waals surface area contributed by atoms with E-state index in [2.05, 4.69) is 15.2 Å². The number of nitrogens with zero attached hydrogens (tertiary/aromatic N) is 3. The Morgan fingerprint density at radius 2 is 2.19 bits per heavy atom. The molecule has 0 radical (unpaired) electrons. The van der Waals surface area contributed by atoms with Crippen molar-refractivity contribution < 1.29 is 12.8 Å². The van der Waals surface area contributed by atoms with Crippen LogP contribution in [0, 0.1) is 0 Å². The van der Waals surface area contributed by atoms with Gasteiger partial charge in [-0.15, -0.1) is 5.10 Å². The molecular formula is C12H16N4O3S2. The Kier molecular flexibility index (Phi) is 3.80. The van der Waals surface area contributed by atoms with Crippen molar-refractivity contribution in [3.63, 3.8) is 0 Å². The van der Waals surface area contributed by atoms with E-state index in [0.29, 0.717) is 22.6 Å². The van der Waals surface area contributed by atoms with E-state index in [0.717, 1.165) is 10.1 Å². The minimum Gasteiger partial charge on any atom is -0.447 e. The van der Waals surface area contributed by atoms with Crippen LogP contribution in [0.1, 0.15) is 30.3 Å². The largest absolute Gasteiger partial charge is 0.447 e. The fourth-order valence-corrected chi connectivity index (χ4v) is 3.26. The van der Waals surface area contributed by atoms with E-state index in [1.54, 1.807) is 6.07 Å². The Hall–Kier alpha value is -1.32. The molecule has 0 amide bonds. The van der Waals surface area contributed by atoms with Crippen LogP contribution < -0.4 is 0 Å². The summed E-state index contributed by atoms with van der Waals surface area (Å²) >= 11 is 1.42. The minimum atomic E-state index is -3.52. The lowest BCUT2D eigenvalue weighted by atomic mass is 10.4. The standard InChI is InChI=1S/C12H16N4O3S2/c1-16(2)21(17,18)10-6-5-9(19-10)7-20-12-13-11(14-15-12)8-3-4-8/h5-6,8H,3-4,7H2,1-2H3,(H,13,14,15). The van der Waals surface area contributed by atoms with Crippen molar-refractivity contribution in [1.29, 1.82) is 0 Å². The van der Waals surface area contributed by atoms with Gasteiger partial charge >= 0.3 is 0 Å². The number of nitrogens with one attached hydrogen (secondary N) is 1. The number of sulfonamides is 1. The van der Waals surface area contributed by atoms with E-state index < -0.39 is 10.0 Å². The SMILES string of the molecule is CN(C)S(=O)(=O)c1ccc(CSc2n[nH]c(C3CC3)n2)o1. The fraction of sp³-hybridized carbons (Fsp3) is 0.500. The average Bonchev–Trinajstić information content (AvgIpc) is 3.00. The first kappa shape index (κ1) is 14.6. The Morgan fingerprint density at radius 1 is 1.43 bits per heavy atom. The second kappa shape index (κ2) is 5.47. The molecule has 1 aliphatic carbocycles. The molecule has 2 aromatic heterocycles. The molecule has 1 N–H and O–H groups in total. The molecule has 21 heavy (non-hydrogen) atoms. The lowest BCUT2D eigenvalue weighted by Gasteiger charge is -2.07.